The van der Waals surface area contributed by atoms with E-state index in [2.05, 4.69) is 91.3 Å². The average Bonchev–Trinajstić information content (AvgIpc) is 3.16. The van der Waals surface area contributed by atoms with Crippen LogP contribution in [0.25, 0.3) is 0 Å². The van der Waals surface area contributed by atoms with E-state index in [4.69, 9.17) is 19.1 Å². The van der Waals surface area contributed by atoms with Gasteiger partial charge < -0.3 is 24.6 Å². The topological polar surface area (TPSA) is 149 Å². The maximum absolute atomic E-state index is 12.6. The Kier molecular flexibility index (Phi) is 36.8. The Bertz CT molecular complexity index is 1130. The molecule has 0 bridgehead atoms. The molecule has 10 nitrogen and oxygen atoms in total. The van der Waals surface area contributed by atoms with Crippen molar-refractivity contribution in [3.63, 3.8) is 0 Å². The van der Waals surface area contributed by atoms with Crippen molar-refractivity contribution in [3.8, 4) is 0 Å². The van der Waals surface area contributed by atoms with E-state index in [-0.39, 0.29) is 19.4 Å². The Hall–Kier alpha value is -2.59. The summed E-state index contributed by atoms with van der Waals surface area (Å²) in [6.45, 7) is 2.16. The molecule has 0 spiro atoms. The van der Waals surface area contributed by atoms with Crippen LogP contribution in [0, 0.1) is 0 Å². The zero-order valence-corrected chi connectivity index (χ0v) is 34.3. The number of esters is 2. The third kappa shape index (κ3) is 37.7. The summed E-state index contributed by atoms with van der Waals surface area (Å²) in [6.07, 6.45) is 43.0. The van der Waals surface area contributed by atoms with Crippen molar-refractivity contribution < 1.29 is 47.8 Å². The number of aliphatic hydroxyl groups excluding tert-OH is 2. The van der Waals surface area contributed by atoms with Crippen LogP contribution in [0.1, 0.15) is 149 Å². The van der Waals surface area contributed by atoms with E-state index in [0.29, 0.717) is 12.8 Å². The molecule has 0 aliphatic rings. The zero-order chi connectivity index (χ0) is 39.8. The molecule has 0 amide bonds. The predicted molar refractivity (Wildman–Crippen MR) is 219 cm³/mol. The quantitative estimate of drug-likeness (QED) is 0.0241. The first-order valence-electron chi connectivity index (χ1n) is 20.4. The van der Waals surface area contributed by atoms with Gasteiger partial charge in [0.2, 0.25) is 0 Å². The number of carbonyl (C=O) groups excluding carboxylic acids is 2. The maximum Gasteiger partial charge on any atom is 0.472 e. The Morgan fingerprint density at radius 1 is 0.574 bits per heavy atom. The summed E-state index contributed by atoms with van der Waals surface area (Å²) in [7, 11) is -4.63. The molecule has 0 saturated heterocycles. The van der Waals surface area contributed by atoms with Gasteiger partial charge in [0.05, 0.1) is 19.8 Å². The fourth-order valence-corrected chi connectivity index (χ4v) is 5.74. The molecule has 0 radical (unpaired) electrons. The van der Waals surface area contributed by atoms with Gasteiger partial charge in [-0.25, -0.2) is 4.57 Å². The van der Waals surface area contributed by atoms with Gasteiger partial charge in [-0.2, -0.15) is 0 Å². The Morgan fingerprint density at radius 3 is 1.57 bits per heavy atom. The van der Waals surface area contributed by atoms with Crippen molar-refractivity contribution in [1.82, 2.24) is 0 Å². The number of hydrogen-bond donors (Lipinski definition) is 3. The third-order valence-corrected chi connectivity index (χ3v) is 9.05. The number of rotatable bonds is 37. The van der Waals surface area contributed by atoms with Gasteiger partial charge in [0.1, 0.15) is 12.7 Å². The molecule has 0 rings (SSSR count). The first-order valence-corrected chi connectivity index (χ1v) is 21.9. The SMILES string of the molecule is CC/C=C\C/C=C\C/C=C\C/C=C\CCCCC(=O)OC(COC(=O)CCCCCCC/C=C\C/C=C\CCCCCC)COP(=O)(O)OCC(O)CO. The van der Waals surface area contributed by atoms with E-state index in [9.17, 15) is 24.2 Å². The van der Waals surface area contributed by atoms with E-state index < -0.39 is 51.8 Å². The van der Waals surface area contributed by atoms with Gasteiger partial charge in [-0.05, 0) is 83.5 Å². The number of ether oxygens (including phenoxy) is 2. The van der Waals surface area contributed by atoms with Crippen LogP contribution in [0.2, 0.25) is 0 Å². The molecule has 0 aliphatic carbocycles. The molecule has 310 valence electrons. The number of aliphatic hydroxyl groups is 2. The highest BCUT2D eigenvalue weighted by molar-refractivity contribution is 7.47. The summed E-state index contributed by atoms with van der Waals surface area (Å²) in [5.74, 6) is -0.997. The number of phosphoric acid groups is 1. The largest absolute Gasteiger partial charge is 0.472 e. The summed E-state index contributed by atoms with van der Waals surface area (Å²) in [6, 6.07) is 0. The lowest BCUT2D eigenvalue weighted by molar-refractivity contribution is -0.161. The Morgan fingerprint density at radius 2 is 1.02 bits per heavy atom. The van der Waals surface area contributed by atoms with Crippen LogP contribution in [0.4, 0.5) is 0 Å². The molecule has 0 aromatic rings. The Labute approximate surface area is 327 Å². The van der Waals surface area contributed by atoms with Crippen LogP contribution in [0.3, 0.4) is 0 Å². The summed E-state index contributed by atoms with van der Waals surface area (Å²) in [5.41, 5.74) is 0. The second-order valence-electron chi connectivity index (χ2n) is 13.3. The summed E-state index contributed by atoms with van der Waals surface area (Å²) < 4.78 is 32.6. The van der Waals surface area contributed by atoms with E-state index in [1.54, 1.807) is 0 Å². The molecular formula is C43H73O10P. The highest BCUT2D eigenvalue weighted by atomic mass is 31.2. The van der Waals surface area contributed by atoms with Crippen LogP contribution in [0.5, 0.6) is 0 Å². The van der Waals surface area contributed by atoms with Crippen molar-refractivity contribution >= 4 is 19.8 Å². The number of hydrogen-bond acceptors (Lipinski definition) is 9. The number of phosphoric ester groups is 1. The van der Waals surface area contributed by atoms with Gasteiger partial charge in [0, 0.05) is 12.8 Å². The van der Waals surface area contributed by atoms with E-state index in [0.717, 1.165) is 77.0 Å². The van der Waals surface area contributed by atoms with Crippen molar-refractivity contribution in [2.24, 2.45) is 0 Å². The monoisotopic (exact) mass is 780 g/mol. The molecule has 0 heterocycles. The normalized spacial score (nSPS) is 14.7. The van der Waals surface area contributed by atoms with Crippen LogP contribution in [-0.2, 0) is 32.7 Å². The fraction of sp³-hybridized carbons (Fsp3) is 0.674. The van der Waals surface area contributed by atoms with Crippen molar-refractivity contribution in [1.29, 1.82) is 0 Å². The molecule has 3 N–H and O–H groups in total. The molecule has 54 heavy (non-hydrogen) atoms. The standard InChI is InChI=1S/C43H73O10P/c1-3-5-7-9-11-13-15-17-19-21-22-24-26-28-30-32-34-42(46)50-38-41(39-52-54(48,49)51-37-40(45)36-44)53-43(47)35-33-31-29-27-25-23-20-18-16-14-12-10-8-6-4-2/h6,8,12-15,18-21,25,27,40-41,44-45H,3-5,7,9-11,16-17,22-24,26,28-39H2,1-2H3,(H,48,49)/b8-6-,14-12-,15-13-,20-18-,21-19-,27-25-. The summed E-state index contributed by atoms with van der Waals surface area (Å²) in [4.78, 5) is 34.9. The van der Waals surface area contributed by atoms with Gasteiger partial charge in [0.15, 0.2) is 6.10 Å². The first-order chi connectivity index (χ1) is 26.2. The van der Waals surface area contributed by atoms with Crippen molar-refractivity contribution in [3.05, 3.63) is 72.9 Å². The van der Waals surface area contributed by atoms with Crippen LogP contribution < -0.4 is 0 Å². The van der Waals surface area contributed by atoms with Crippen molar-refractivity contribution in [2.45, 2.75) is 161 Å². The lowest BCUT2D eigenvalue weighted by Gasteiger charge is -2.20. The smallest absolute Gasteiger partial charge is 0.462 e. The minimum atomic E-state index is -4.63. The third-order valence-electron chi connectivity index (χ3n) is 8.09. The maximum atomic E-state index is 12.6. The highest BCUT2D eigenvalue weighted by Crippen LogP contribution is 2.43. The first kappa shape index (κ1) is 51.4. The second-order valence-corrected chi connectivity index (χ2v) is 14.7. The van der Waals surface area contributed by atoms with E-state index in [1.807, 2.05) is 0 Å². The van der Waals surface area contributed by atoms with Gasteiger partial charge in [0.25, 0.3) is 0 Å². The van der Waals surface area contributed by atoms with Gasteiger partial charge in [-0.15, -0.1) is 0 Å². The summed E-state index contributed by atoms with van der Waals surface area (Å²) in [5, 5.41) is 18.3. The number of unbranched alkanes of at least 4 members (excludes halogenated alkanes) is 11. The van der Waals surface area contributed by atoms with E-state index in [1.165, 1.54) is 32.1 Å². The van der Waals surface area contributed by atoms with E-state index >= 15 is 0 Å². The molecule has 3 unspecified atom stereocenters. The van der Waals surface area contributed by atoms with Gasteiger partial charge >= 0.3 is 19.8 Å². The molecule has 0 fully saturated rings. The Balaban J connectivity index is 4.44. The van der Waals surface area contributed by atoms with Crippen LogP contribution in [0.15, 0.2) is 72.9 Å². The minimum absolute atomic E-state index is 0.125. The fourth-order valence-electron chi connectivity index (χ4n) is 4.95. The van der Waals surface area contributed by atoms with Gasteiger partial charge in [-0.1, -0.05) is 125 Å². The lowest BCUT2D eigenvalue weighted by atomic mass is 10.1. The zero-order valence-electron chi connectivity index (χ0n) is 33.4. The number of carbonyl (C=O) groups is 2. The van der Waals surface area contributed by atoms with Crippen molar-refractivity contribution in [2.75, 3.05) is 26.4 Å². The molecular weight excluding hydrogens is 707 g/mol. The molecule has 0 saturated carbocycles. The second kappa shape index (κ2) is 38.7. The molecule has 0 aromatic carbocycles. The number of allylic oxidation sites excluding steroid dienone is 12. The van der Waals surface area contributed by atoms with Crippen LogP contribution in [-0.4, -0.2) is 65.7 Å². The lowest BCUT2D eigenvalue weighted by Crippen LogP contribution is -2.29. The molecule has 0 aromatic heterocycles. The highest BCUT2D eigenvalue weighted by Gasteiger charge is 2.27. The molecule has 11 heteroatoms. The summed E-state index contributed by atoms with van der Waals surface area (Å²) >= 11 is 0. The predicted octanol–water partition coefficient (Wildman–Crippen LogP) is 10.5. The average molecular weight is 781 g/mol. The van der Waals surface area contributed by atoms with Gasteiger partial charge in [-0.3, -0.25) is 18.6 Å². The molecule has 0 aliphatic heterocycles. The molecule has 3 atom stereocenters. The van der Waals surface area contributed by atoms with Crippen LogP contribution >= 0.6 is 7.82 Å². The minimum Gasteiger partial charge on any atom is -0.462 e.